The molecule has 55 heavy (non-hydrogen) atoms. The summed E-state index contributed by atoms with van der Waals surface area (Å²) in [5.41, 5.74) is 4.94. The number of alkyl carbamates (subject to hydrolysis) is 2. The minimum Gasteiger partial charge on any atom is -0.456 e. The number of rotatable bonds is 10. The molecule has 7 rings (SSSR count). The monoisotopic (exact) mass is 752 g/mol. The molecule has 4 atom stereocenters. The van der Waals surface area contributed by atoms with Crippen LogP contribution >= 0.6 is 0 Å². The average molecular weight is 753 g/mol. The summed E-state index contributed by atoms with van der Waals surface area (Å²) in [7, 11) is 2.57. The predicted octanol–water partition coefficient (Wildman–Crippen LogP) is 6.45. The normalized spacial score (nSPS) is 18.3. The number of carbonyl (C=O) groups excluding carboxylic acids is 4. The Hall–Kier alpha value is -5.86. The quantitative estimate of drug-likeness (QED) is 0.124. The molecule has 2 aliphatic rings. The maximum Gasteiger partial charge on any atom is 0.407 e. The molecule has 2 saturated heterocycles. The van der Waals surface area contributed by atoms with Gasteiger partial charge in [-0.25, -0.2) is 19.6 Å². The number of nitrogens with zero attached hydrogens (tertiary/aromatic N) is 4. The number of likely N-dealkylation sites (tertiary alicyclic amines) is 2. The minimum absolute atomic E-state index is 0.120. The lowest BCUT2D eigenvalue weighted by Gasteiger charge is -2.29. The Morgan fingerprint density at radius 2 is 1.11 bits per heavy atom. The summed E-state index contributed by atoms with van der Waals surface area (Å²) in [6.07, 6.45) is 1.91. The number of methoxy groups -OCH3 is 2. The van der Waals surface area contributed by atoms with Crippen LogP contribution in [0.5, 0.6) is 0 Å². The van der Waals surface area contributed by atoms with Gasteiger partial charge in [0.2, 0.25) is 11.8 Å². The van der Waals surface area contributed by atoms with E-state index in [2.05, 4.69) is 20.6 Å². The smallest absolute Gasteiger partial charge is 0.407 e. The number of carbonyl (C=O) groups is 4. The van der Waals surface area contributed by atoms with Gasteiger partial charge in [0.05, 0.1) is 48.4 Å². The highest BCUT2D eigenvalue weighted by molar-refractivity contribution is 5.88. The van der Waals surface area contributed by atoms with Crippen LogP contribution in [0.2, 0.25) is 0 Å². The molecule has 2 aromatic carbocycles. The van der Waals surface area contributed by atoms with Crippen LogP contribution in [0.1, 0.15) is 77.1 Å². The first-order valence-corrected chi connectivity index (χ1v) is 18.9. The van der Waals surface area contributed by atoms with E-state index in [0.29, 0.717) is 36.3 Å². The second-order valence-corrected chi connectivity index (χ2v) is 15.0. The number of imidazole rings is 2. The van der Waals surface area contributed by atoms with Crippen molar-refractivity contribution in [1.29, 1.82) is 0 Å². The maximum absolute atomic E-state index is 13.6. The van der Waals surface area contributed by atoms with E-state index in [1.54, 1.807) is 9.80 Å². The number of aromatic nitrogens is 4. The molecule has 3 aromatic heterocycles. The van der Waals surface area contributed by atoms with E-state index in [0.717, 1.165) is 58.9 Å². The largest absolute Gasteiger partial charge is 0.456 e. The first-order chi connectivity index (χ1) is 26.4. The van der Waals surface area contributed by atoms with E-state index < -0.39 is 24.3 Å². The highest BCUT2D eigenvalue weighted by atomic mass is 16.5. The molecular formula is C40H48N8O7. The first-order valence-electron chi connectivity index (χ1n) is 18.9. The summed E-state index contributed by atoms with van der Waals surface area (Å²) in [5.74, 6) is 2.22. The van der Waals surface area contributed by atoms with E-state index in [9.17, 15) is 19.2 Å². The Kier molecular flexibility index (Phi) is 10.5. The average Bonchev–Trinajstić information content (AvgIpc) is 4.02. The Balaban J connectivity index is 1.08. The van der Waals surface area contributed by atoms with Crippen LogP contribution < -0.4 is 10.6 Å². The van der Waals surface area contributed by atoms with Crippen molar-refractivity contribution in [3.8, 4) is 22.6 Å². The zero-order valence-corrected chi connectivity index (χ0v) is 32.0. The van der Waals surface area contributed by atoms with Crippen molar-refractivity contribution >= 4 is 46.1 Å². The number of aromatic amines is 2. The second kappa shape index (κ2) is 15.5. The van der Waals surface area contributed by atoms with E-state index in [4.69, 9.17) is 23.9 Å². The second-order valence-electron chi connectivity index (χ2n) is 15.0. The van der Waals surface area contributed by atoms with E-state index >= 15 is 0 Å². The van der Waals surface area contributed by atoms with Crippen molar-refractivity contribution in [2.24, 2.45) is 11.8 Å². The molecule has 0 saturated carbocycles. The lowest BCUT2D eigenvalue weighted by Crippen LogP contribution is -2.51. The number of furan rings is 1. The van der Waals surface area contributed by atoms with Gasteiger partial charge in [0.25, 0.3) is 0 Å². The van der Waals surface area contributed by atoms with Crippen LogP contribution in [-0.4, -0.2) is 93.1 Å². The lowest BCUT2D eigenvalue weighted by atomic mass is 10.0. The first kappa shape index (κ1) is 37.5. The number of hydrogen-bond donors (Lipinski definition) is 4. The predicted molar refractivity (Wildman–Crippen MR) is 205 cm³/mol. The Bertz CT molecular complexity index is 2070. The third-order valence-electron chi connectivity index (χ3n) is 10.7. The van der Waals surface area contributed by atoms with Crippen molar-refractivity contribution in [2.45, 2.75) is 77.5 Å². The summed E-state index contributed by atoms with van der Waals surface area (Å²) < 4.78 is 15.9. The van der Waals surface area contributed by atoms with Crippen molar-refractivity contribution in [1.82, 2.24) is 40.4 Å². The van der Waals surface area contributed by atoms with Crippen LogP contribution in [0.4, 0.5) is 9.59 Å². The number of ether oxygens (including phenoxy) is 2. The fourth-order valence-corrected chi connectivity index (χ4v) is 7.71. The zero-order chi connectivity index (χ0) is 39.0. The molecule has 5 heterocycles. The van der Waals surface area contributed by atoms with E-state index in [1.807, 2.05) is 76.2 Å². The summed E-state index contributed by atoms with van der Waals surface area (Å²) in [5, 5.41) is 5.39. The molecule has 0 spiro atoms. The molecule has 15 nitrogen and oxygen atoms in total. The Morgan fingerprint density at radius 3 is 1.49 bits per heavy atom. The van der Waals surface area contributed by atoms with E-state index in [1.165, 1.54) is 14.2 Å². The van der Waals surface area contributed by atoms with Gasteiger partial charge >= 0.3 is 12.2 Å². The number of amides is 4. The van der Waals surface area contributed by atoms with Crippen LogP contribution in [0.25, 0.3) is 44.7 Å². The third kappa shape index (κ3) is 7.47. The van der Waals surface area contributed by atoms with Crippen molar-refractivity contribution < 1.29 is 33.1 Å². The molecule has 2 aliphatic heterocycles. The molecule has 15 heteroatoms. The SMILES string of the molecule is COC(=O)NC(C(=O)N1CCCC1c1nc2ccc(-c3ccc(-c4ccc5nc(C6CCCN6C(=O)C(NC(=O)OC)C(C)C)[nH]c5c4)o3)cc2[nH]1)C(C)C. The van der Waals surface area contributed by atoms with Crippen LogP contribution in [0, 0.1) is 11.8 Å². The van der Waals surface area contributed by atoms with E-state index in [-0.39, 0.29) is 35.7 Å². The lowest BCUT2D eigenvalue weighted by molar-refractivity contribution is -0.136. The molecule has 4 N–H and O–H groups in total. The van der Waals surface area contributed by atoms with Gasteiger partial charge in [-0.3, -0.25) is 9.59 Å². The van der Waals surface area contributed by atoms with Gasteiger partial charge < -0.3 is 44.3 Å². The standard InChI is InChI=1S/C40H48N8O7/c1-21(2)33(45-39(51)53-5)37(49)47-17-7-9-29(47)35-41-25-13-11-23(19-27(25)43-35)31-15-16-32(55-31)24-12-14-26-28(20-24)44-36(42-26)30-10-8-18-48(30)38(50)34(22(3)4)46-40(52)54-6/h11-16,19-22,29-30,33-34H,7-10,17-18H2,1-6H3,(H,41,43)(H,42,44)(H,45,51)(H,46,52). The van der Waals surface area contributed by atoms with Crippen molar-refractivity contribution in [3.05, 3.63) is 60.2 Å². The molecule has 0 aliphatic carbocycles. The van der Waals surface area contributed by atoms with Gasteiger partial charge in [-0.05, 0) is 86.1 Å². The third-order valence-corrected chi connectivity index (χ3v) is 10.7. The van der Waals surface area contributed by atoms with Crippen LogP contribution in [0.3, 0.4) is 0 Å². The molecule has 2 fully saturated rings. The summed E-state index contributed by atoms with van der Waals surface area (Å²) in [6, 6.07) is 13.8. The van der Waals surface area contributed by atoms with Gasteiger partial charge in [-0.1, -0.05) is 27.7 Å². The fraction of sp³-hybridized carbons (Fsp3) is 0.450. The molecule has 4 amide bonds. The number of nitrogens with one attached hydrogen (secondary N) is 4. The Labute approximate surface area is 318 Å². The van der Waals surface area contributed by atoms with Gasteiger partial charge in [0, 0.05) is 24.2 Å². The van der Waals surface area contributed by atoms with Gasteiger partial charge in [-0.15, -0.1) is 0 Å². The van der Waals surface area contributed by atoms with Crippen molar-refractivity contribution in [3.63, 3.8) is 0 Å². The fourth-order valence-electron chi connectivity index (χ4n) is 7.71. The number of fused-ring (bicyclic) bond motifs is 2. The van der Waals surface area contributed by atoms with Crippen LogP contribution in [-0.2, 0) is 19.1 Å². The minimum atomic E-state index is -0.706. The molecular weight excluding hydrogens is 704 g/mol. The highest BCUT2D eigenvalue weighted by Gasteiger charge is 2.39. The maximum atomic E-state index is 13.6. The summed E-state index contributed by atoms with van der Waals surface area (Å²) in [4.78, 5) is 71.4. The molecule has 0 bridgehead atoms. The molecule has 290 valence electrons. The van der Waals surface area contributed by atoms with Gasteiger partial charge in [-0.2, -0.15) is 0 Å². The summed E-state index contributed by atoms with van der Waals surface area (Å²) >= 11 is 0. The van der Waals surface area contributed by atoms with Gasteiger partial charge in [0.15, 0.2) is 0 Å². The number of H-pyrrole nitrogens is 2. The molecule has 0 radical (unpaired) electrons. The van der Waals surface area contributed by atoms with Crippen LogP contribution in [0.15, 0.2) is 52.9 Å². The van der Waals surface area contributed by atoms with Gasteiger partial charge in [0.1, 0.15) is 35.3 Å². The number of benzene rings is 2. The number of hydrogen-bond acceptors (Lipinski definition) is 9. The highest BCUT2D eigenvalue weighted by Crippen LogP contribution is 2.36. The molecule has 4 unspecified atom stereocenters. The summed E-state index contributed by atoms with van der Waals surface area (Å²) in [6.45, 7) is 8.73. The Morgan fingerprint density at radius 1 is 0.691 bits per heavy atom. The zero-order valence-electron chi connectivity index (χ0n) is 32.0. The van der Waals surface area contributed by atoms with Crippen molar-refractivity contribution in [2.75, 3.05) is 27.3 Å². The topological polar surface area (TPSA) is 188 Å². The molecule has 5 aromatic rings.